The highest BCUT2D eigenvalue weighted by Gasteiger charge is 2.41. The lowest BCUT2D eigenvalue weighted by molar-refractivity contribution is -0.0502. The molecule has 1 aromatic heterocycles. The molecule has 172 valence electrons. The molecule has 5 rings (SSSR count). The van der Waals surface area contributed by atoms with Gasteiger partial charge in [-0.2, -0.15) is 0 Å². The number of guanidine groups is 1. The molecule has 2 aromatic rings. The lowest BCUT2D eigenvalue weighted by atomic mass is 10.1. The van der Waals surface area contributed by atoms with E-state index in [2.05, 4.69) is 61.4 Å². The smallest absolute Gasteiger partial charge is 0.193 e. The van der Waals surface area contributed by atoms with Crippen molar-refractivity contribution in [1.29, 1.82) is 0 Å². The third-order valence-corrected chi connectivity index (χ3v) is 7.06. The summed E-state index contributed by atoms with van der Waals surface area (Å²) in [5, 5.41) is 3.65. The van der Waals surface area contributed by atoms with Crippen LogP contribution in [0.25, 0.3) is 0 Å². The molecule has 0 spiro atoms. The number of benzene rings is 1. The zero-order valence-corrected chi connectivity index (χ0v) is 19.0. The Bertz CT molecular complexity index is 866. The molecule has 7 heteroatoms. The molecule has 1 N–H and O–H groups in total. The summed E-state index contributed by atoms with van der Waals surface area (Å²) in [6, 6.07) is 15.4. The monoisotopic (exact) mass is 437 g/mol. The molecule has 4 heterocycles. The van der Waals surface area contributed by atoms with E-state index >= 15 is 0 Å². The van der Waals surface area contributed by atoms with E-state index in [1.54, 1.807) is 6.26 Å². The summed E-state index contributed by atoms with van der Waals surface area (Å²) in [6.07, 6.45) is 4.52. The molecular formula is C25H35N5O2. The van der Waals surface area contributed by atoms with Crippen molar-refractivity contribution in [2.24, 2.45) is 4.99 Å². The third kappa shape index (κ3) is 4.70. The van der Waals surface area contributed by atoms with E-state index in [1.807, 2.05) is 13.1 Å². The molecule has 0 saturated carbocycles. The van der Waals surface area contributed by atoms with Crippen molar-refractivity contribution in [3.05, 3.63) is 60.1 Å². The standard InChI is InChI=1S/C25H35N5O2/c1-26-25(27-16-21(23-10-7-14-31-23)28-11-5-6-12-28)30-18-22-24(19-30)32-15-13-29(22)17-20-8-3-2-4-9-20/h2-4,7-10,14,21-22,24H,5-6,11-13,15-19H2,1H3,(H,26,27). The fourth-order valence-corrected chi connectivity index (χ4v) is 5.41. The van der Waals surface area contributed by atoms with E-state index in [1.165, 1.54) is 18.4 Å². The van der Waals surface area contributed by atoms with Gasteiger partial charge in [-0.1, -0.05) is 30.3 Å². The van der Waals surface area contributed by atoms with Crippen molar-refractivity contribution in [2.75, 3.05) is 52.9 Å². The van der Waals surface area contributed by atoms with Crippen LogP contribution in [0.1, 0.15) is 30.2 Å². The summed E-state index contributed by atoms with van der Waals surface area (Å²) < 4.78 is 12.0. The van der Waals surface area contributed by atoms with Gasteiger partial charge in [0, 0.05) is 39.8 Å². The zero-order valence-electron chi connectivity index (χ0n) is 19.0. The Balaban J connectivity index is 1.23. The number of ether oxygens (including phenoxy) is 1. The molecule has 3 atom stereocenters. The minimum atomic E-state index is 0.227. The highest BCUT2D eigenvalue weighted by molar-refractivity contribution is 5.80. The van der Waals surface area contributed by atoms with Crippen molar-refractivity contribution < 1.29 is 9.15 Å². The van der Waals surface area contributed by atoms with Crippen LogP contribution in [-0.4, -0.2) is 85.7 Å². The number of aliphatic imine (C=N–C) groups is 1. The average molecular weight is 438 g/mol. The highest BCUT2D eigenvalue weighted by Crippen LogP contribution is 2.27. The first-order chi connectivity index (χ1) is 15.8. The molecule has 3 aliphatic rings. The van der Waals surface area contributed by atoms with E-state index in [4.69, 9.17) is 9.15 Å². The largest absolute Gasteiger partial charge is 0.468 e. The van der Waals surface area contributed by atoms with Crippen LogP contribution in [0.5, 0.6) is 0 Å². The van der Waals surface area contributed by atoms with Crippen molar-refractivity contribution in [3.8, 4) is 0 Å². The predicted molar refractivity (Wildman–Crippen MR) is 126 cm³/mol. The van der Waals surface area contributed by atoms with Crippen LogP contribution >= 0.6 is 0 Å². The number of morpholine rings is 1. The Morgan fingerprint density at radius 2 is 1.94 bits per heavy atom. The van der Waals surface area contributed by atoms with Crippen LogP contribution in [0.2, 0.25) is 0 Å². The fraction of sp³-hybridized carbons (Fsp3) is 0.560. The quantitative estimate of drug-likeness (QED) is 0.554. The molecule has 0 aliphatic carbocycles. The summed E-state index contributed by atoms with van der Waals surface area (Å²) in [5.74, 6) is 1.99. The van der Waals surface area contributed by atoms with Gasteiger partial charge in [0.15, 0.2) is 5.96 Å². The summed E-state index contributed by atoms with van der Waals surface area (Å²) in [5.41, 5.74) is 1.36. The molecular weight excluding hydrogens is 402 g/mol. The van der Waals surface area contributed by atoms with Gasteiger partial charge in [0.2, 0.25) is 0 Å². The Morgan fingerprint density at radius 1 is 1.09 bits per heavy atom. The number of likely N-dealkylation sites (tertiary alicyclic amines) is 2. The van der Waals surface area contributed by atoms with Crippen LogP contribution in [0, 0.1) is 0 Å². The molecule has 7 nitrogen and oxygen atoms in total. The summed E-state index contributed by atoms with van der Waals surface area (Å²) in [7, 11) is 1.88. The molecule has 32 heavy (non-hydrogen) atoms. The van der Waals surface area contributed by atoms with Crippen molar-refractivity contribution in [1.82, 2.24) is 20.0 Å². The van der Waals surface area contributed by atoms with Crippen LogP contribution in [0.15, 0.2) is 58.1 Å². The number of furan rings is 1. The topological polar surface area (TPSA) is 56.5 Å². The van der Waals surface area contributed by atoms with Crippen LogP contribution < -0.4 is 5.32 Å². The van der Waals surface area contributed by atoms with Crippen LogP contribution in [0.3, 0.4) is 0 Å². The second kappa shape index (κ2) is 10.1. The Labute approximate surface area is 191 Å². The molecule has 3 saturated heterocycles. The first kappa shape index (κ1) is 21.5. The molecule has 0 radical (unpaired) electrons. The number of rotatable bonds is 6. The maximum Gasteiger partial charge on any atom is 0.193 e. The molecule has 3 fully saturated rings. The molecule has 3 unspecified atom stereocenters. The number of hydrogen-bond acceptors (Lipinski definition) is 5. The third-order valence-electron chi connectivity index (χ3n) is 7.06. The van der Waals surface area contributed by atoms with Gasteiger partial charge < -0.3 is 19.4 Å². The second-order valence-electron chi connectivity index (χ2n) is 9.04. The minimum Gasteiger partial charge on any atom is -0.468 e. The Hall–Kier alpha value is -2.35. The normalized spacial score (nSPS) is 25.8. The number of fused-ring (bicyclic) bond motifs is 1. The molecule has 1 aromatic carbocycles. The molecule has 0 amide bonds. The van der Waals surface area contributed by atoms with Gasteiger partial charge >= 0.3 is 0 Å². The lowest BCUT2D eigenvalue weighted by Gasteiger charge is -2.36. The van der Waals surface area contributed by atoms with Gasteiger partial charge in [0.25, 0.3) is 0 Å². The minimum absolute atomic E-state index is 0.227. The number of nitrogens with one attached hydrogen (secondary N) is 1. The second-order valence-corrected chi connectivity index (χ2v) is 9.04. The SMILES string of the molecule is CN=C(NCC(c1ccco1)N1CCCC1)N1CC2OCCN(Cc3ccccc3)C2C1. The van der Waals surface area contributed by atoms with E-state index in [0.717, 1.165) is 64.1 Å². The number of hydrogen-bond donors (Lipinski definition) is 1. The first-order valence-corrected chi connectivity index (χ1v) is 11.9. The van der Waals surface area contributed by atoms with E-state index < -0.39 is 0 Å². The molecule has 0 bridgehead atoms. The van der Waals surface area contributed by atoms with E-state index in [9.17, 15) is 0 Å². The Kier molecular flexibility index (Phi) is 6.76. The Morgan fingerprint density at radius 3 is 2.69 bits per heavy atom. The summed E-state index contributed by atoms with van der Waals surface area (Å²) in [6.45, 7) is 7.61. The molecule has 3 aliphatic heterocycles. The van der Waals surface area contributed by atoms with E-state index in [-0.39, 0.29) is 12.1 Å². The van der Waals surface area contributed by atoms with Gasteiger partial charge in [0.1, 0.15) is 5.76 Å². The van der Waals surface area contributed by atoms with Gasteiger partial charge in [-0.3, -0.25) is 14.8 Å². The van der Waals surface area contributed by atoms with E-state index in [0.29, 0.717) is 6.04 Å². The highest BCUT2D eigenvalue weighted by atomic mass is 16.5. The zero-order chi connectivity index (χ0) is 21.8. The first-order valence-electron chi connectivity index (χ1n) is 11.9. The van der Waals surface area contributed by atoms with Gasteiger partial charge in [-0.25, -0.2) is 0 Å². The van der Waals surface area contributed by atoms with Crippen molar-refractivity contribution >= 4 is 5.96 Å². The maximum atomic E-state index is 6.17. The average Bonchev–Trinajstić information content (AvgIpc) is 3.60. The predicted octanol–water partition coefficient (Wildman–Crippen LogP) is 2.58. The van der Waals surface area contributed by atoms with Gasteiger partial charge in [-0.05, 0) is 43.6 Å². The summed E-state index contributed by atoms with van der Waals surface area (Å²) in [4.78, 5) is 12.1. The van der Waals surface area contributed by atoms with Gasteiger partial charge in [-0.15, -0.1) is 0 Å². The van der Waals surface area contributed by atoms with Crippen LogP contribution in [-0.2, 0) is 11.3 Å². The number of nitrogens with zero attached hydrogens (tertiary/aromatic N) is 4. The van der Waals surface area contributed by atoms with Crippen LogP contribution in [0.4, 0.5) is 0 Å². The van der Waals surface area contributed by atoms with Crippen molar-refractivity contribution in [2.45, 2.75) is 37.6 Å². The fourth-order valence-electron chi connectivity index (χ4n) is 5.41. The lowest BCUT2D eigenvalue weighted by Crippen LogP contribution is -2.50. The van der Waals surface area contributed by atoms with Gasteiger partial charge in [0.05, 0.1) is 31.1 Å². The van der Waals surface area contributed by atoms with Crippen molar-refractivity contribution in [3.63, 3.8) is 0 Å². The summed E-state index contributed by atoms with van der Waals surface area (Å²) >= 11 is 0. The maximum absolute atomic E-state index is 6.17.